The molecule has 1 amide bonds. The maximum absolute atomic E-state index is 12.7. The Hall–Kier alpha value is -1.74. The number of non-ortho nitro benzene ring substituents is 1. The van der Waals surface area contributed by atoms with Crippen LogP contribution in [0.2, 0.25) is 0 Å². The van der Waals surface area contributed by atoms with Gasteiger partial charge in [-0.3, -0.25) is 19.7 Å². The van der Waals surface area contributed by atoms with E-state index in [1.807, 2.05) is 0 Å². The zero-order valence-corrected chi connectivity index (χ0v) is 18.6. The van der Waals surface area contributed by atoms with E-state index < -0.39 is 10.8 Å². The summed E-state index contributed by atoms with van der Waals surface area (Å²) in [7, 11) is 0. The highest BCUT2D eigenvalue weighted by atomic mass is 32.2. The number of nitro benzene ring substituents is 1. The molecule has 4 rings (SSSR count). The molecule has 1 saturated heterocycles. The lowest BCUT2D eigenvalue weighted by atomic mass is 9.67. The molecule has 2 bridgehead atoms. The molecule has 1 aliphatic heterocycles. The monoisotopic (exact) mass is 450 g/mol. The molecular weight excluding hydrogens is 424 g/mol. The number of nitrogens with zero attached hydrogens (tertiary/aromatic N) is 1. The molecule has 1 heterocycles. The molecule has 3 fully saturated rings. The molecule has 162 valence electrons. The van der Waals surface area contributed by atoms with Crippen molar-refractivity contribution in [2.75, 3.05) is 23.4 Å². The van der Waals surface area contributed by atoms with Crippen molar-refractivity contribution in [1.29, 1.82) is 0 Å². The molecule has 1 N–H and O–H groups in total. The molecule has 2 saturated carbocycles. The molecule has 3 aliphatic rings. The van der Waals surface area contributed by atoms with Crippen LogP contribution in [-0.2, 0) is 14.3 Å². The second-order valence-corrected chi connectivity index (χ2v) is 11.3. The molecule has 2 aliphatic carbocycles. The standard InChI is InChI=1S/C21H26N2O5S2/c1-13-5-6-17(23(26)27)11-18(13)22-19(24)12-28-20(25)14-9-15-3-2-4-16(10-14)21(15)29-7-8-30-21/h5-6,11,14-16H,2-4,7-10,12H2,1H3,(H,22,24)/t14?,15-,16+. The first-order valence-corrected chi connectivity index (χ1v) is 12.4. The minimum Gasteiger partial charge on any atom is -0.455 e. The molecular formula is C21H26N2O5S2. The zero-order chi connectivity index (χ0) is 21.3. The van der Waals surface area contributed by atoms with Crippen LogP contribution in [0.25, 0.3) is 0 Å². The molecule has 1 aromatic carbocycles. The predicted octanol–water partition coefficient (Wildman–Crippen LogP) is 4.39. The summed E-state index contributed by atoms with van der Waals surface area (Å²) in [6.45, 7) is 1.38. The summed E-state index contributed by atoms with van der Waals surface area (Å²) in [5.41, 5.74) is 0.963. The fourth-order valence-corrected chi connectivity index (χ4v) is 9.04. The molecule has 30 heavy (non-hydrogen) atoms. The van der Waals surface area contributed by atoms with E-state index in [9.17, 15) is 19.7 Å². The Kier molecular flexibility index (Phi) is 6.29. The van der Waals surface area contributed by atoms with Gasteiger partial charge in [0.2, 0.25) is 0 Å². The van der Waals surface area contributed by atoms with Gasteiger partial charge < -0.3 is 10.1 Å². The fourth-order valence-electron chi connectivity index (χ4n) is 5.10. The zero-order valence-electron chi connectivity index (χ0n) is 16.9. The molecule has 0 aromatic heterocycles. The number of esters is 1. The minimum absolute atomic E-state index is 0.0989. The second-order valence-electron chi connectivity index (χ2n) is 8.32. The number of benzene rings is 1. The summed E-state index contributed by atoms with van der Waals surface area (Å²) in [6.07, 6.45) is 5.28. The number of nitro groups is 1. The van der Waals surface area contributed by atoms with Crippen LogP contribution < -0.4 is 5.32 Å². The Bertz CT molecular complexity index is 840. The summed E-state index contributed by atoms with van der Waals surface area (Å²) in [4.78, 5) is 35.4. The SMILES string of the molecule is Cc1ccc([N+](=O)[O-])cc1NC(=O)COC(=O)C1C[C@H]2CCC[C@@H](C1)C21SCCS1. The van der Waals surface area contributed by atoms with Crippen molar-refractivity contribution < 1.29 is 19.2 Å². The summed E-state index contributed by atoms with van der Waals surface area (Å²) in [6, 6.07) is 4.28. The van der Waals surface area contributed by atoms with Crippen LogP contribution in [0.1, 0.15) is 37.7 Å². The van der Waals surface area contributed by atoms with Crippen molar-refractivity contribution in [1.82, 2.24) is 0 Å². The van der Waals surface area contributed by atoms with Crippen molar-refractivity contribution in [2.24, 2.45) is 17.8 Å². The Morgan fingerprint density at radius 2 is 1.90 bits per heavy atom. The van der Waals surface area contributed by atoms with Gasteiger partial charge in [0.15, 0.2) is 6.61 Å². The number of anilines is 1. The number of ether oxygens (including phenoxy) is 1. The number of hydrogen-bond acceptors (Lipinski definition) is 7. The fraction of sp³-hybridized carbons (Fsp3) is 0.619. The van der Waals surface area contributed by atoms with Gasteiger partial charge in [-0.25, -0.2) is 0 Å². The van der Waals surface area contributed by atoms with E-state index in [2.05, 4.69) is 28.8 Å². The lowest BCUT2D eigenvalue weighted by molar-refractivity contribution is -0.384. The lowest BCUT2D eigenvalue weighted by Gasteiger charge is -2.51. The normalized spacial score (nSPS) is 26.9. The Balaban J connectivity index is 1.32. The maximum atomic E-state index is 12.7. The number of aryl methyl sites for hydroxylation is 1. The highest BCUT2D eigenvalue weighted by Gasteiger charge is 2.55. The summed E-state index contributed by atoms with van der Waals surface area (Å²) < 4.78 is 5.65. The van der Waals surface area contributed by atoms with Gasteiger partial charge in [-0.15, -0.1) is 23.5 Å². The van der Waals surface area contributed by atoms with Crippen LogP contribution in [-0.4, -0.2) is 39.0 Å². The number of amides is 1. The quantitative estimate of drug-likeness (QED) is 0.403. The van der Waals surface area contributed by atoms with Crippen molar-refractivity contribution >= 4 is 46.8 Å². The molecule has 9 heteroatoms. The van der Waals surface area contributed by atoms with Gasteiger partial charge in [0.25, 0.3) is 11.6 Å². The van der Waals surface area contributed by atoms with E-state index in [0.717, 1.165) is 12.8 Å². The number of hydrogen-bond donors (Lipinski definition) is 1. The number of carbonyl (C=O) groups excluding carboxylic acids is 2. The van der Waals surface area contributed by atoms with Gasteiger partial charge in [-0.2, -0.15) is 0 Å². The Morgan fingerprint density at radius 1 is 1.23 bits per heavy atom. The number of carbonyl (C=O) groups is 2. The van der Waals surface area contributed by atoms with Crippen LogP contribution >= 0.6 is 23.5 Å². The van der Waals surface area contributed by atoms with Gasteiger partial charge in [0.05, 0.1) is 20.6 Å². The Labute approximate surface area is 184 Å². The van der Waals surface area contributed by atoms with Crippen molar-refractivity contribution in [3.63, 3.8) is 0 Å². The second kappa shape index (κ2) is 8.78. The predicted molar refractivity (Wildman–Crippen MR) is 119 cm³/mol. The average Bonchev–Trinajstić information content (AvgIpc) is 3.17. The van der Waals surface area contributed by atoms with Crippen LogP contribution in [0.15, 0.2) is 18.2 Å². The third kappa shape index (κ3) is 4.19. The molecule has 0 radical (unpaired) electrons. The highest BCUT2D eigenvalue weighted by molar-refractivity contribution is 8.21. The van der Waals surface area contributed by atoms with Gasteiger partial charge in [0, 0.05) is 23.6 Å². The highest BCUT2D eigenvalue weighted by Crippen LogP contribution is 2.64. The van der Waals surface area contributed by atoms with E-state index in [0.29, 0.717) is 27.2 Å². The minimum atomic E-state index is -0.511. The molecule has 3 atom stereocenters. The van der Waals surface area contributed by atoms with Crippen LogP contribution in [0.4, 0.5) is 11.4 Å². The largest absolute Gasteiger partial charge is 0.455 e. The summed E-state index contributed by atoms with van der Waals surface area (Å²) in [5, 5.41) is 13.6. The molecule has 1 aromatic rings. The van der Waals surface area contributed by atoms with Gasteiger partial charge in [0.1, 0.15) is 0 Å². The van der Waals surface area contributed by atoms with Crippen LogP contribution in [0, 0.1) is 34.8 Å². The van der Waals surface area contributed by atoms with E-state index in [1.54, 1.807) is 13.0 Å². The average molecular weight is 451 g/mol. The van der Waals surface area contributed by atoms with Gasteiger partial charge in [-0.05, 0) is 50.0 Å². The topological polar surface area (TPSA) is 98.5 Å². The lowest BCUT2D eigenvalue weighted by Crippen LogP contribution is -2.48. The maximum Gasteiger partial charge on any atom is 0.309 e. The van der Waals surface area contributed by atoms with Crippen molar-refractivity contribution in [2.45, 2.75) is 43.1 Å². The summed E-state index contributed by atoms with van der Waals surface area (Å²) >= 11 is 4.19. The van der Waals surface area contributed by atoms with Crippen molar-refractivity contribution in [3.8, 4) is 0 Å². The van der Waals surface area contributed by atoms with Crippen LogP contribution in [0.5, 0.6) is 0 Å². The third-order valence-electron chi connectivity index (χ3n) is 6.50. The molecule has 1 unspecified atom stereocenters. The van der Waals surface area contributed by atoms with E-state index in [-0.39, 0.29) is 24.2 Å². The molecule has 1 spiro atoms. The van der Waals surface area contributed by atoms with Gasteiger partial charge >= 0.3 is 5.97 Å². The smallest absolute Gasteiger partial charge is 0.309 e. The third-order valence-corrected chi connectivity index (χ3v) is 10.5. The van der Waals surface area contributed by atoms with Crippen molar-refractivity contribution in [3.05, 3.63) is 33.9 Å². The number of thioether (sulfide) groups is 2. The van der Waals surface area contributed by atoms with E-state index in [1.165, 1.54) is 42.9 Å². The van der Waals surface area contributed by atoms with E-state index in [4.69, 9.17) is 4.74 Å². The number of rotatable bonds is 5. The summed E-state index contributed by atoms with van der Waals surface area (Å²) in [5.74, 6) is 2.57. The van der Waals surface area contributed by atoms with E-state index >= 15 is 0 Å². The van der Waals surface area contributed by atoms with Crippen LogP contribution in [0.3, 0.4) is 0 Å². The molecule has 7 nitrogen and oxygen atoms in total. The number of nitrogens with one attached hydrogen (secondary N) is 1. The Morgan fingerprint density at radius 3 is 2.53 bits per heavy atom. The first kappa shape index (κ1) is 21.5. The first-order chi connectivity index (χ1) is 14.4. The first-order valence-electron chi connectivity index (χ1n) is 10.4. The van der Waals surface area contributed by atoms with Gasteiger partial charge in [-0.1, -0.05) is 12.5 Å².